The third-order valence-electron chi connectivity index (χ3n) is 5.34. The third-order valence-corrected chi connectivity index (χ3v) is 5.34. The van der Waals surface area contributed by atoms with Crippen LogP contribution in [-0.4, -0.2) is 23.1 Å². The fraction of sp³-hybridized carbons (Fsp3) is 0.318. The van der Waals surface area contributed by atoms with E-state index in [0.717, 1.165) is 35.2 Å². The average molecular weight is 349 g/mol. The molecule has 0 unspecified atom stereocenters. The Balaban J connectivity index is 1.80. The van der Waals surface area contributed by atoms with E-state index in [4.69, 9.17) is 4.42 Å². The maximum atomic E-state index is 12.7. The number of nitrogens with zero attached hydrogens (tertiary/aromatic N) is 1. The Labute approximate surface area is 152 Å². The van der Waals surface area contributed by atoms with Crippen LogP contribution in [0.1, 0.15) is 35.1 Å². The largest absolute Gasteiger partial charge is 0.507 e. The van der Waals surface area contributed by atoms with Crippen molar-refractivity contribution in [2.24, 2.45) is 0 Å². The molecule has 0 atom stereocenters. The molecule has 0 bridgehead atoms. The maximum absolute atomic E-state index is 12.7. The van der Waals surface area contributed by atoms with Crippen LogP contribution in [0.2, 0.25) is 0 Å². The molecule has 3 aromatic rings. The molecule has 4 rings (SSSR count). The number of aryl methyl sites for hydroxylation is 1. The SMILES string of the molecule is Cc1c(Cc2ccccc2)c(=O)oc2c(CN3CCCC3)c(O)ccc12. The molecule has 4 nitrogen and oxygen atoms in total. The van der Waals surface area contributed by atoms with Gasteiger partial charge in [-0.3, -0.25) is 4.90 Å². The van der Waals surface area contributed by atoms with E-state index >= 15 is 0 Å². The minimum Gasteiger partial charge on any atom is -0.507 e. The van der Waals surface area contributed by atoms with Crippen LogP contribution in [0.5, 0.6) is 5.75 Å². The molecule has 0 amide bonds. The van der Waals surface area contributed by atoms with E-state index in [0.29, 0.717) is 24.1 Å². The van der Waals surface area contributed by atoms with Gasteiger partial charge in [0.2, 0.25) is 0 Å². The van der Waals surface area contributed by atoms with Gasteiger partial charge in [-0.15, -0.1) is 0 Å². The summed E-state index contributed by atoms with van der Waals surface area (Å²) in [6.07, 6.45) is 2.90. The fourth-order valence-electron chi connectivity index (χ4n) is 3.82. The van der Waals surface area contributed by atoms with E-state index in [2.05, 4.69) is 4.90 Å². The van der Waals surface area contributed by atoms with Crippen LogP contribution in [-0.2, 0) is 13.0 Å². The number of fused-ring (bicyclic) bond motifs is 1. The van der Waals surface area contributed by atoms with Crippen LogP contribution >= 0.6 is 0 Å². The first-order valence-corrected chi connectivity index (χ1v) is 9.17. The monoisotopic (exact) mass is 349 g/mol. The summed E-state index contributed by atoms with van der Waals surface area (Å²) in [5, 5.41) is 11.3. The number of aromatic hydroxyl groups is 1. The van der Waals surface area contributed by atoms with Crippen molar-refractivity contribution in [3.8, 4) is 5.75 Å². The first kappa shape index (κ1) is 16.9. The number of hydrogen-bond donors (Lipinski definition) is 1. The van der Waals surface area contributed by atoms with Gasteiger partial charge in [0.25, 0.3) is 0 Å². The predicted octanol–water partition coefficient (Wildman–Crippen LogP) is 3.99. The van der Waals surface area contributed by atoms with Gasteiger partial charge in [-0.05, 0) is 56.1 Å². The lowest BCUT2D eigenvalue weighted by Crippen LogP contribution is -2.19. The summed E-state index contributed by atoms with van der Waals surface area (Å²) in [6, 6.07) is 13.5. The Bertz CT molecular complexity index is 986. The molecule has 0 spiro atoms. The number of phenols is 1. The fourth-order valence-corrected chi connectivity index (χ4v) is 3.82. The van der Waals surface area contributed by atoms with Gasteiger partial charge in [0, 0.05) is 23.9 Å². The molecule has 2 heterocycles. The molecule has 134 valence electrons. The minimum absolute atomic E-state index is 0.197. The Hall–Kier alpha value is -2.59. The quantitative estimate of drug-likeness (QED) is 0.724. The van der Waals surface area contributed by atoms with Crippen LogP contribution in [0.4, 0.5) is 0 Å². The third kappa shape index (κ3) is 3.13. The first-order chi connectivity index (χ1) is 12.6. The van der Waals surface area contributed by atoms with Crippen molar-refractivity contribution in [3.63, 3.8) is 0 Å². The topological polar surface area (TPSA) is 53.7 Å². The number of phenolic OH excluding ortho intramolecular Hbond substituents is 1. The standard InChI is InChI=1S/C22H23NO3/c1-15-17-9-10-20(24)19(14-23-11-5-6-12-23)21(17)26-22(25)18(15)13-16-7-3-2-4-8-16/h2-4,7-10,24H,5-6,11-14H2,1H3. The van der Waals surface area contributed by atoms with Gasteiger partial charge in [-0.2, -0.15) is 0 Å². The summed E-state index contributed by atoms with van der Waals surface area (Å²) < 4.78 is 5.73. The van der Waals surface area contributed by atoms with Crippen molar-refractivity contribution in [1.29, 1.82) is 0 Å². The number of hydrogen-bond acceptors (Lipinski definition) is 4. The Morgan fingerprint density at radius 3 is 2.50 bits per heavy atom. The van der Waals surface area contributed by atoms with Crippen molar-refractivity contribution < 1.29 is 9.52 Å². The van der Waals surface area contributed by atoms with E-state index in [1.807, 2.05) is 43.3 Å². The van der Waals surface area contributed by atoms with Crippen molar-refractivity contribution in [1.82, 2.24) is 4.90 Å². The second kappa shape index (κ2) is 6.96. The number of likely N-dealkylation sites (tertiary alicyclic amines) is 1. The van der Waals surface area contributed by atoms with Gasteiger partial charge in [0.1, 0.15) is 11.3 Å². The molecule has 26 heavy (non-hydrogen) atoms. The molecule has 4 heteroatoms. The molecule has 1 N–H and O–H groups in total. The second-order valence-electron chi connectivity index (χ2n) is 7.08. The summed E-state index contributed by atoms with van der Waals surface area (Å²) in [5.74, 6) is 0.197. The molecular formula is C22H23NO3. The van der Waals surface area contributed by atoms with E-state index in [1.165, 1.54) is 12.8 Å². The van der Waals surface area contributed by atoms with Crippen LogP contribution in [0, 0.1) is 6.92 Å². The summed E-state index contributed by atoms with van der Waals surface area (Å²) in [5.41, 5.74) is 3.63. The predicted molar refractivity (Wildman–Crippen MR) is 103 cm³/mol. The maximum Gasteiger partial charge on any atom is 0.340 e. The molecule has 0 aliphatic carbocycles. The second-order valence-corrected chi connectivity index (χ2v) is 7.08. The molecule has 1 aliphatic heterocycles. The molecule has 0 saturated carbocycles. The van der Waals surface area contributed by atoms with Crippen molar-refractivity contribution in [2.75, 3.05) is 13.1 Å². The van der Waals surface area contributed by atoms with Gasteiger partial charge in [-0.25, -0.2) is 4.79 Å². The molecule has 1 aromatic heterocycles. The normalized spacial score (nSPS) is 15.0. The average Bonchev–Trinajstić information content (AvgIpc) is 3.15. The van der Waals surface area contributed by atoms with Gasteiger partial charge in [-0.1, -0.05) is 30.3 Å². The molecule has 0 radical (unpaired) electrons. The van der Waals surface area contributed by atoms with Crippen LogP contribution in [0.15, 0.2) is 51.7 Å². The highest BCUT2D eigenvalue weighted by Gasteiger charge is 2.20. The molecule has 1 saturated heterocycles. The number of rotatable bonds is 4. The lowest BCUT2D eigenvalue weighted by molar-refractivity contribution is 0.323. The van der Waals surface area contributed by atoms with Crippen molar-refractivity contribution in [3.05, 3.63) is 75.1 Å². The van der Waals surface area contributed by atoms with Crippen LogP contribution in [0.3, 0.4) is 0 Å². The smallest absolute Gasteiger partial charge is 0.340 e. The van der Waals surface area contributed by atoms with Crippen LogP contribution < -0.4 is 5.63 Å². The Morgan fingerprint density at radius 2 is 1.77 bits per heavy atom. The molecular weight excluding hydrogens is 326 g/mol. The van der Waals surface area contributed by atoms with Gasteiger partial charge < -0.3 is 9.52 Å². The molecule has 1 aliphatic rings. The lowest BCUT2D eigenvalue weighted by Gasteiger charge is -2.17. The zero-order valence-corrected chi connectivity index (χ0v) is 15.0. The summed E-state index contributed by atoms with van der Waals surface area (Å²) in [7, 11) is 0. The van der Waals surface area contributed by atoms with E-state index in [1.54, 1.807) is 6.07 Å². The Kier molecular flexibility index (Phi) is 4.51. The van der Waals surface area contributed by atoms with Crippen molar-refractivity contribution >= 4 is 11.0 Å². The highest BCUT2D eigenvalue weighted by atomic mass is 16.4. The van der Waals surface area contributed by atoms with Gasteiger partial charge in [0.15, 0.2) is 0 Å². The first-order valence-electron chi connectivity index (χ1n) is 9.17. The Morgan fingerprint density at radius 1 is 1.04 bits per heavy atom. The zero-order chi connectivity index (χ0) is 18.1. The lowest BCUT2D eigenvalue weighted by atomic mass is 9.98. The summed E-state index contributed by atoms with van der Waals surface area (Å²) >= 11 is 0. The van der Waals surface area contributed by atoms with E-state index in [9.17, 15) is 9.90 Å². The minimum atomic E-state index is -0.313. The molecule has 2 aromatic carbocycles. The molecule has 1 fully saturated rings. The zero-order valence-electron chi connectivity index (χ0n) is 15.0. The summed E-state index contributed by atoms with van der Waals surface area (Å²) in [6.45, 7) is 4.62. The highest BCUT2D eigenvalue weighted by Crippen LogP contribution is 2.31. The highest BCUT2D eigenvalue weighted by molar-refractivity contribution is 5.85. The van der Waals surface area contributed by atoms with E-state index in [-0.39, 0.29) is 11.4 Å². The summed E-state index contributed by atoms with van der Waals surface area (Å²) in [4.78, 5) is 15.0. The van der Waals surface area contributed by atoms with E-state index < -0.39 is 0 Å². The van der Waals surface area contributed by atoms with Crippen LogP contribution in [0.25, 0.3) is 11.0 Å². The van der Waals surface area contributed by atoms with Gasteiger partial charge in [0.05, 0.1) is 5.56 Å². The van der Waals surface area contributed by atoms with Crippen molar-refractivity contribution in [2.45, 2.75) is 32.7 Å². The number of benzene rings is 2. The van der Waals surface area contributed by atoms with Gasteiger partial charge >= 0.3 is 5.63 Å².